The number of carbonyl (C=O) groups is 3. The molecule has 0 unspecified atom stereocenters. The number of carbonyl (C=O) groups excluding carboxylic acids is 3. The first-order chi connectivity index (χ1) is 17.4. The summed E-state index contributed by atoms with van der Waals surface area (Å²) in [7, 11) is 1.27. The van der Waals surface area contributed by atoms with Gasteiger partial charge in [0.05, 0.1) is 12.6 Å². The van der Waals surface area contributed by atoms with Crippen molar-refractivity contribution in [1.29, 1.82) is 0 Å². The predicted octanol–water partition coefficient (Wildman–Crippen LogP) is 2.43. The van der Waals surface area contributed by atoms with Crippen LogP contribution in [0.1, 0.15) is 24.0 Å². The molecule has 1 saturated heterocycles. The zero-order valence-electron chi connectivity index (χ0n) is 19.8. The van der Waals surface area contributed by atoms with Gasteiger partial charge in [-0.3, -0.25) is 4.98 Å². The second-order valence-electron chi connectivity index (χ2n) is 9.01. The standard InChI is InChI=1S/C25H27N5O6/c1-35-22(31)20(12-15-6-7-19-21(13-15)36-25(34)28-19)27-23(32)29-10-8-17(9-11-29)30-14-16-4-2-3-5-18(16)26-24(30)33/h2-7,13,17,20H,8-12,14H2,1H3,(H,26,33)(H,27,32)(H,28,34)/t20-/m1/s1. The monoisotopic (exact) mass is 493 g/mol. The molecule has 1 fully saturated rings. The number of rotatable bonds is 5. The number of urea groups is 2. The fraction of sp³-hybridized carbons (Fsp3) is 0.360. The highest BCUT2D eigenvalue weighted by atomic mass is 16.5. The van der Waals surface area contributed by atoms with Crippen molar-refractivity contribution < 1.29 is 23.5 Å². The summed E-state index contributed by atoms with van der Waals surface area (Å²) in [6.45, 7) is 1.45. The zero-order chi connectivity index (χ0) is 25.2. The molecule has 11 heteroatoms. The normalized spacial score (nSPS) is 16.9. The molecule has 11 nitrogen and oxygen atoms in total. The van der Waals surface area contributed by atoms with Gasteiger partial charge in [-0.2, -0.15) is 0 Å². The number of hydrogen-bond donors (Lipinski definition) is 3. The average molecular weight is 494 g/mol. The van der Waals surface area contributed by atoms with E-state index >= 15 is 0 Å². The molecule has 1 atom stereocenters. The largest absolute Gasteiger partial charge is 0.467 e. The van der Waals surface area contributed by atoms with E-state index < -0.39 is 17.8 Å². The summed E-state index contributed by atoms with van der Waals surface area (Å²) in [6.07, 6.45) is 1.44. The summed E-state index contributed by atoms with van der Waals surface area (Å²) in [5.74, 6) is -1.13. The van der Waals surface area contributed by atoms with E-state index in [2.05, 4.69) is 15.6 Å². The summed E-state index contributed by atoms with van der Waals surface area (Å²) in [6, 6.07) is 11.4. The molecule has 3 aromatic rings. The molecule has 0 radical (unpaired) electrons. The SMILES string of the molecule is COC(=O)[C@@H](Cc1ccc2[nH]c(=O)oc2c1)NC(=O)N1CCC(N2Cc3ccccc3NC2=O)CC1. The number of benzene rings is 2. The van der Waals surface area contributed by atoms with E-state index in [9.17, 15) is 19.2 Å². The first kappa shape index (κ1) is 23.5. The highest BCUT2D eigenvalue weighted by molar-refractivity contribution is 5.92. The summed E-state index contributed by atoms with van der Waals surface area (Å²) >= 11 is 0. The third-order valence-corrected chi connectivity index (χ3v) is 6.76. The number of nitrogens with zero attached hydrogens (tertiary/aromatic N) is 2. The maximum Gasteiger partial charge on any atom is 0.417 e. The summed E-state index contributed by atoms with van der Waals surface area (Å²) < 4.78 is 9.98. The van der Waals surface area contributed by atoms with Crippen LogP contribution in [0, 0.1) is 0 Å². The minimum atomic E-state index is -0.910. The van der Waals surface area contributed by atoms with Crippen molar-refractivity contribution >= 4 is 34.8 Å². The van der Waals surface area contributed by atoms with E-state index in [1.807, 2.05) is 29.2 Å². The van der Waals surface area contributed by atoms with Gasteiger partial charge in [-0.05, 0) is 42.2 Å². The van der Waals surface area contributed by atoms with Crippen LogP contribution >= 0.6 is 0 Å². The molecule has 5 rings (SSSR count). The Kier molecular flexibility index (Phi) is 6.36. The fourth-order valence-electron chi connectivity index (χ4n) is 4.83. The second-order valence-corrected chi connectivity index (χ2v) is 9.01. The average Bonchev–Trinajstić information content (AvgIpc) is 3.26. The minimum Gasteiger partial charge on any atom is -0.467 e. The van der Waals surface area contributed by atoms with Gasteiger partial charge in [0.15, 0.2) is 5.58 Å². The fourth-order valence-corrected chi connectivity index (χ4v) is 4.83. The smallest absolute Gasteiger partial charge is 0.417 e. The van der Waals surface area contributed by atoms with E-state index in [-0.39, 0.29) is 24.5 Å². The van der Waals surface area contributed by atoms with Gasteiger partial charge in [-0.15, -0.1) is 0 Å². The topological polar surface area (TPSA) is 137 Å². The summed E-state index contributed by atoms with van der Waals surface area (Å²) in [5, 5.41) is 5.71. The Bertz CT molecular complexity index is 1360. The van der Waals surface area contributed by atoms with Gasteiger partial charge in [0.2, 0.25) is 0 Å². The van der Waals surface area contributed by atoms with Gasteiger partial charge in [0.25, 0.3) is 0 Å². The number of H-pyrrole nitrogens is 1. The molecule has 2 aliphatic rings. The van der Waals surface area contributed by atoms with Crippen LogP contribution in [0.2, 0.25) is 0 Å². The molecule has 0 saturated carbocycles. The second kappa shape index (κ2) is 9.76. The Labute approximate surface area is 206 Å². The van der Waals surface area contributed by atoms with Crippen molar-refractivity contribution in [2.24, 2.45) is 0 Å². The van der Waals surface area contributed by atoms with Crippen molar-refractivity contribution in [1.82, 2.24) is 20.1 Å². The Morgan fingerprint density at radius 3 is 2.72 bits per heavy atom. The van der Waals surface area contributed by atoms with Crippen LogP contribution in [0.25, 0.3) is 11.1 Å². The minimum absolute atomic E-state index is 0.0153. The Balaban J connectivity index is 1.20. The molecule has 0 aliphatic carbocycles. The molecule has 188 valence electrons. The number of piperidine rings is 1. The van der Waals surface area contributed by atoms with Crippen molar-refractivity contribution in [2.45, 2.75) is 37.9 Å². The molecule has 2 aromatic carbocycles. The third kappa shape index (κ3) is 4.77. The van der Waals surface area contributed by atoms with Gasteiger partial charge < -0.3 is 29.6 Å². The van der Waals surface area contributed by atoms with Gasteiger partial charge in [-0.1, -0.05) is 24.3 Å². The quantitative estimate of drug-likeness (QED) is 0.467. The Morgan fingerprint density at radius 2 is 1.94 bits per heavy atom. The molecular weight excluding hydrogens is 466 g/mol. The molecular formula is C25H27N5O6. The number of esters is 1. The van der Waals surface area contributed by atoms with E-state index in [0.717, 1.165) is 11.3 Å². The number of amides is 4. The number of ether oxygens (including phenoxy) is 1. The molecule has 36 heavy (non-hydrogen) atoms. The van der Waals surface area contributed by atoms with E-state index in [4.69, 9.17) is 9.15 Å². The number of methoxy groups -OCH3 is 1. The van der Waals surface area contributed by atoms with E-state index in [0.29, 0.717) is 49.1 Å². The number of aromatic nitrogens is 1. The first-order valence-corrected chi connectivity index (χ1v) is 11.8. The third-order valence-electron chi connectivity index (χ3n) is 6.76. The van der Waals surface area contributed by atoms with Crippen LogP contribution in [-0.4, -0.2) is 65.1 Å². The number of anilines is 1. The van der Waals surface area contributed by atoms with Crippen LogP contribution in [0.4, 0.5) is 15.3 Å². The number of nitrogens with one attached hydrogen (secondary N) is 3. The van der Waals surface area contributed by atoms with Crippen molar-refractivity contribution in [3.63, 3.8) is 0 Å². The van der Waals surface area contributed by atoms with E-state index in [1.54, 1.807) is 23.1 Å². The highest BCUT2D eigenvalue weighted by Gasteiger charge is 2.33. The molecule has 2 aliphatic heterocycles. The Hall–Kier alpha value is -4.28. The van der Waals surface area contributed by atoms with Crippen LogP contribution in [0.15, 0.2) is 51.7 Å². The number of hydrogen-bond acceptors (Lipinski definition) is 6. The van der Waals surface area contributed by atoms with Gasteiger partial charge in [0, 0.05) is 37.8 Å². The predicted molar refractivity (Wildman–Crippen MR) is 130 cm³/mol. The number of fused-ring (bicyclic) bond motifs is 2. The van der Waals surface area contributed by atoms with Crippen molar-refractivity contribution in [3.8, 4) is 0 Å². The number of likely N-dealkylation sites (tertiary alicyclic amines) is 1. The molecule has 1 aromatic heterocycles. The number of para-hydroxylation sites is 1. The number of aromatic amines is 1. The molecule has 3 heterocycles. The first-order valence-electron chi connectivity index (χ1n) is 11.8. The summed E-state index contributed by atoms with van der Waals surface area (Å²) in [5.41, 5.74) is 3.53. The molecule has 0 spiro atoms. The lowest BCUT2D eigenvalue weighted by atomic mass is 10.0. The maximum atomic E-state index is 13.0. The zero-order valence-corrected chi connectivity index (χ0v) is 19.8. The lowest BCUT2D eigenvalue weighted by molar-refractivity contribution is -0.142. The lowest BCUT2D eigenvalue weighted by Crippen LogP contribution is -2.54. The van der Waals surface area contributed by atoms with Crippen molar-refractivity contribution in [3.05, 3.63) is 64.1 Å². The van der Waals surface area contributed by atoms with Crippen LogP contribution in [-0.2, 0) is 22.5 Å². The maximum absolute atomic E-state index is 13.0. The van der Waals surface area contributed by atoms with Gasteiger partial charge in [0.1, 0.15) is 6.04 Å². The van der Waals surface area contributed by atoms with Crippen LogP contribution < -0.4 is 16.4 Å². The van der Waals surface area contributed by atoms with Crippen molar-refractivity contribution in [2.75, 3.05) is 25.5 Å². The van der Waals surface area contributed by atoms with Gasteiger partial charge in [-0.25, -0.2) is 19.2 Å². The lowest BCUT2D eigenvalue weighted by Gasteiger charge is -2.40. The molecule has 3 N–H and O–H groups in total. The van der Waals surface area contributed by atoms with Crippen LogP contribution in [0.5, 0.6) is 0 Å². The highest BCUT2D eigenvalue weighted by Crippen LogP contribution is 2.27. The van der Waals surface area contributed by atoms with E-state index in [1.165, 1.54) is 7.11 Å². The Morgan fingerprint density at radius 1 is 1.17 bits per heavy atom. The number of oxazole rings is 1. The summed E-state index contributed by atoms with van der Waals surface area (Å²) in [4.78, 5) is 55.5. The molecule has 0 bridgehead atoms. The van der Waals surface area contributed by atoms with Crippen LogP contribution in [0.3, 0.4) is 0 Å². The van der Waals surface area contributed by atoms with Gasteiger partial charge >= 0.3 is 23.8 Å². The molecule has 4 amide bonds.